The van der Waals surface area contributed by atoms with E-state index in [4.69, 9.17) is 0 Å². The molecule has 2 atom stereocenters. The first kappa shape index (κ1) is 12.6. The third kappa shape index (κ3) is 1.21. The van der Waals surface area contributed by atoms with Gasteiger partial charge < -0.3 is 0 Å². The lowest BCUT2D eigenvalue weighted by Gasteiger charge is -2.32. The normalized spacial score (nSPS) is 43.2. The highest BCUT2D eigenvalue weighted by Crippen LogP contribution is 2.62. The maximum absolute atomic E-state index is 13.6. The van der Waals surface area contributed by atoms with E-state index in [1.54, 1.807) is 0 Å². The molecule has 0 N–H and O–H groups in total. The number of halogens is 6. The van der Waals surface area contributed by atoms with E-state index in [1.807, 2.05) is 0 Å². The molecule has 0 aromatic carbocycles. The molecule has 0 amide bonds. The van der Waals surface area contributed by atoms with Gasteiger partial charge in [0.2, 0.25) is 11.3 Å². The van der Waals surface area contributed by atoms with Gasteiger partial charge in [-0.2, -0.15) is 17.6 Å². The lowest BCUT2D eigenvalue weighted by atomic mass is 9.82. The summed E-state index contributed by atoms with van der Waals surface area (Å²) in [6.45, 7) is 1.73. The lowest BCUT2D eigenvalue weighted by molar-refractivity contribution is -0.354. The van der Waals surface area contributed by atoms with Crippen LogP contribution >= 0.6 is 0 Å². The second kappa shape index (κ2) is 3.02. The number of rotatable bonds is 2. The zero-order valence-corrected chi connectivity index (χ0v) is 8.09. The summed E-state index contributed by atoms with van der Waals surface area (Å²) in [5.41, 5.74) is -8.00. The number of hydrogen-bond acceptors (Lipinski definition) is 1. The van der Waals surface area contributed by atoms with Crippen LogP contribution in [0.25, 0.3) is 0 Å². The molecule has 1 aliphatic rings. The van der Waals surface area contributed by atoms with Crippen LogP contribution in [0.4, 0.5) is 26.3 Å². The Kier molecular flexibility index (Phi) is 2.54. The van der Waals surface area contributed by atoms with Crippen LogP contribution in [0.3, 0.4) is 0 Å². The van der Waals surface area contributed by atoms with E-state index in [-0.39, 0.29) is 0 Å². The molecular formula is C8H10F6O. The predicted octanol–water partition coefficient (Wildman–Crippen LogP) is 3.44. The Morgan fingerprint density at radius 1 is 0.733 bits per heavy atom. The molecule has 0 saturated carbocycles. The maximum Gasteiger partial charge on any atom is 0.397 e. The first-order valence-electron chi connectivity index (χ1n) is 4.41. The van der Waals surface area contributed by atoms with Gasteiger partial charge in [-0.15, -0.1) is 0 Å². The molecule has 2 unspecified atom stereocenters. The summed E-state index contributed by atoms with van der Waals surface area (Å²) in [7, 11) is 0. The Labute approximate surface area is 82.4 Å². The second-order valence-corrected chi connectivity index (χ2v) is 3.45. The van der Waals surface area contributed by atoms with Gasteiger partial charge in [-0.3, -0.25) is 0 Å². The van der Waals surface area contributed by atoms with Gasteiger partial charge in [-0.25, -0.2) is 13.5 Å². The molecule has 15 heavy (non-hydrogen) atoms. The minimum absolute atomic E-state index is 0.864. The number of hydrogen-bond donors (Lipinski definition) is 0. The standard InChI is InChI=1S/C8H10F6O/c1-3-5(9)6(10,4-2)8(13,14)15-7(5,11)12/h3-4H2,1-2H3. The van der Waals surface area contributed by atoms with Crippen LogP contribution in [0.5, 0.6) is 0 Å². The van der Waals surface area contributed by atoms with E-state index in [0.29, 0.717) is 0 Å². The molecule has 1 rings (SSSR count). The van der Waals surface area contributed by atoms with Gasteiger partial charge in [-0.1, -0.05) is 13.8 Å². The molecule has 90 valence electrons. The second-order valence-electron chi connectivity index (χ2n) is 3.45. The fraction of sp³-hybridized carbons (Fsp3) is 1.00. The average Bonchev–Trinajstić information content (AvgIpc) is 2.21. The Morgan fingerprint density at radius 2 is 1.00 bits per heavy atom. The Hall–Kier alpha value is -0.460. The maximum atomic E-state index is 13.6. The van der Waals surface area contributed by atoms with Gasteiger partial charge in [0.25, 0.3) is 0 Å². The topological polar surface area (TPSA) is 9.23 Å². The summed E-state index contributed by atoms with van der Waals surface area (Å²) >= 11 is 0. The molecule has 1 heterocycles. The van der Waals surface area contributed by atoms with Crippen molar-refractivity contribution in [3.8, 4) is 0 Å². The van der Waals surface area contributed by atoms with Gasteiger partial charge in [0.1, 0.15) is 0 Å². The van der Waals surface area contributed by atoms with Crippen molar-refractivity contribution in [3.05, 3.63) is 0 Å². The molecule has 1 fully saturated rings. The third-order valence-corrected chi connectivity index (χ3v) is 2.78. The van der Waals surface area contributed by atoms with Crippen LogP contribution < -0.4 is 0 Å². The molecule has 1 aliphatic heterocycles. The Bertz CT molecular complexity index is 242. The Balaban J connectivity index is 3.34. The van der Waals surface area contributed by atoms with Crippen LogP contribution in [-0.4, -0.2) is 23.6 Å². The SMILES string of the molecule is CCC1(F)C(F)(F)OC(F)(F)C1(F)CC. The average molecular weight is 236 g/mol. The van der Waals surface area contributed by atoms with Crippen LogP contribution in [-0.2, 0) is 4.74 Å². The molecule has 7 heteroatoms. The van der Waals surface area contributed by atoms with Crippen molar-refractivity contribution in [2.45, 2.75) is 50.2 Å². The molecular weight excluding hydrogens is 226 g/mol. The molecule has 0 spiro atoms. The van der Waals surface area contributed by atoms with E-state index in [9.17, 15) is 26.3 Å². The lowest BCUT2D eigenvalue weighted by Crippen LogP contribution is -2.56. The van der Waals surface area contributed by atoms with Gasteiger partial charge >= 0.3 is 12.2 Å². The van der Waals surface area contributed by atoms with Gasteiger partial charge in [0, 0.05) is 0 Å². The molecule has 0 aromatic rings. The van der Waals surface area contributed by atoms with Gasteiger partial charge in [0.15, 0.2) is 0 Å². The summed E-state index contributed by atoms with van der Waals surface area (Å²) in [4.78, 5) is 0. The number of ether oxygens (including phenoxy) is 1. The van der Waals surface area contributed by atoms with Crippen molar-refractivity contribution < 1.29 is 31.1 Å². The summed E-state index contributed by atoms with van der Waals surface area (Å²) in [6, 6.07) is 0. The van der Waals surface area contributed by atoms with Crippen molar-refractivity contribution in [2.24, 2.45) is 0 Å². The van der Waals surface area contributed by atoms with Crippen molar-refractivity contribution >= 4 is 0 Å². The quantitative estimate of drug-likeness (QED) is 0.667. The largest absolute Gasteiger partial charge is 0.397 e. The van der Waals surface area contributed by atoms with Gasteiger partial charge in [-0.05, 0) is 12.8 Å². The van der Waals surface area contributed by atoms with Crippen LogP contribution in [0.2, 0.25) is 0 Å². The van der Waals surface area contributed by atoms with E-state index in [0.717, 1.165) is 13.8 Å². The fourth-order valence-electron chi connectivity index (χ4n) is 1.76. The molecule has 0 radical (unpaired) electrons. The van der Waals surface area contributed by atoms with E-state index in [1.165, 1.54) is 0 Å². The highest BCUT2D eigenvalue weighted by atomic mass is 19.3. The molecule has 1 nitrogen and oxygen atoms in total. The molecule has 1 saturated heterocycles. The van der Waals surface area contributed by atoms with E-state index in [2.05, 4.69) is 4.74 Å². The molecule has 0 aromatic heterocycles. The van der Waals surface area contributed by atoms with Crippen LogP contribution in [0, 0.1) is 0 Å². The Morgan fingerprint density at radius 3 is 1.20 bits per heavy atom. The fourth-order valence-corrected chi connectivity index (χ4v) is 1.76. The van der Waals surface area contributed by atoms with Gasteiger partial charge in [0.05, 0.1) is 0 Å². The van der Waals surface area contributed by atoms with E-state index >= 15 is 0 Å². The van der Waals surface area contributed by atoms with Crippen LogP contribution in [0.1, 0.15) is 26.7 Å². The van der Waals surface area contributed by atoms with Crippen molar-refractivity contribution in [2.75, 3.05) is 0 Å². The minimum Gasteiger partial charge on any atom is -0.250 e. The van der Waals surface area contributed by atoms with Crippen LogP contribution in [0.15, 0.2) is 0 Å². The summed E-state index contributed by atoms with van der Waals surface area (Å²) in [5, 5.41) is 0. The summed E-state index contributed by atoms with van der Waals surface area (Å²) in [6.07, 6.45) is -11.8. The zero-order chi connectivity index (χ0) is 12.1. The monoisotopic (exact) mass is 236 g/mol. The highest BCUT2D eigenvalue weighted by Gasteiger charge is 2.85. The van der Waals surface area contributed by atoms with Crippen molar-refractivity contribution in [3.63, 3.8) is 0 Å². The van der Waals surface area contributed by atoms with Crippen molar-refractivity contribution in [1.82, 2.24) is 0 Å². The smallest absolute Gasteiger partial charge is 0.250 e. The first-order valence-corrected chi connectivity index (χ1v) is 4.41. The predicted molar refractivity (Wildman–Crippen MR) is 39.2 cm³/mol. The summed E-state index contributed by atoms with van der Waals surface area (Å²) in [5.74, 6) is 0. The van der Waals surface area contributed by atoms with Crippen molar-refractivity contribution in [1.29, 1.82) is 0 Å². The summed E-state index contributed by atoms with van der Waals surface area (Å²) < 4.78 is 81.6. The minimum atomic E-state index is -4.82. The zero-order valence-electron chi connectivity index (χ0n) is 8.09. The molecule has 0 bridgehead atoms. The first-order chi connectivity index (χ1) is 6.58. The third-order valence-electron chi connectivity index (χ3n) is 2.78. The van der Waals surface area contributed by atoms with E-state index < -0.39 is 36.4 Å². The molecule has 0 aliphatic carbocycles. The highest BCUT2D eigenvalue weighted by molar-refractivity contribution is 5.14. The number of alkyl halides is 6.